The summed E-state index contributed by atoms with van der Waals surface area (Å²) >= 11 is 0. The van der Waals surface area contributed by atoms with Crippen LogP contribution >= 0.6 is 0 Å². The highest BCUT2D eigenvalue weighted by Gasteiger charge is 2.38. The Bertz CT molecular complexity index is 699. The van der Waals surface area contributed by atoms with Gasteiger partial charge in [0.15, 0.2) is 0 Å². The number of fused-ring (bicyclic) bond motifs is 3. The lowest BCUT2D eigenvalue weighted by Crippen LogP contribution is -2.60. The Morgan fingerprint density at radius 3 is 2.83 bits per heavy atom. The molecule has 3 aliphatic rings. The van der Waals surface area contributed by atoms with Crippen LogP contribution in [0.4, 0.5) is 0 Å². The number of carbonyl (C=O) groups is 1. The van der Waals surface area contributed by atoms with Gasteiger partial charge in [-0.15, -0.1) is 0 Å². The molecule has 4 heterocycles. The SMILES string of the molecule is CC1CC2CCN1CC2NC(=O)c1ccc(Oc2ncco2)cc1. The van der Waals surface area contributed by atoms with E-state index in [2.05, 4.69) is 22.1 Å². The van der Waals surface area contributed by atoms with E-state index in [0.29, 0.717) is 23.3 Å². The minimum atomic E-state index is -0.0240. The van der Waals surface area contributed by atoms with Gasteiger partial charge in [0.05, 0.1) is 6.20 Å². The molecule has 0 aliphatic carbocycles. The summed E-state index contributed by atoms with van der Waals surface area (Å²) in [5, 5.41) is 3.20. The van der Waals surface area contributed by atoms with Gasteiger partial charge >= 0.3 is 6.08 Å². The van der Waals surface area contributed by atoms with Gasteiger partial charge in [-0.2, -0.15) is 4.98 Å². The first-order valence-electron chi connectivity index (χ1n) is 8.41. The highest BCUT2D eigenvalue weighted by molar-refractivity contribution is 5.94. The van der Waals surface area contributed by atoms with Gasteiger partial charge in [0.1, 0.15) is 12.0 Å². The molecule has 1 amide bonds. The van der Waals surface area contributed by atoms with Crippen molar-refractivity contribution in [3.05, 3.63) is 42.3 Å². The van der Waals surface area contributed by atoms with Crippen molar-refractivity contribution in [2.24, 2.45) is 5.92 Å². The number of nitrogens with one attached hydrogen (secondary N) is 1. The second-order valence-corrected chi connectivity index (χ2v) is 6.63. The Labute approximate surface area is 140 Å². The van der Waals surface area contributed by atoms with Crippen LogP contribution in [0.5, 0.6) is 11.8 Å². The number of benzene rings is 1. The number of carbonyl (C=O) groups excluding carboxylic acids is 1. The molecular weight excluding hydrogens is 306 g/mol. The summed E-state index contributed by atoms with van der Waals surface area (Å²) in [5.41, 5.74) is 0.638. The monoisotopic (exact) mass is 327 g/mol. The lowest BCUT2D eigenvalue weighted by Gasteiger charge is -2.48. The second-order valence-electron chi connectivity index (χ2n) is 6.63. The van der Waals surface area contributed by atoms with Crippen LogP contribution in [0.2, 0.25) is 0 Å². The molecule has 126 valence electrons. The van der Waals surface area contributed by atoms with E-state index in [-0.39, 0.29) is 18.0 Å². The predicted molar refractivity (Wildman–Crippen MR) is 88.0 cm³/mol. The van der Waals surface area contributed by atoms with Crippen molar-refractivity contribution in [3.63, 3.8) is 0 Å². The molecule has 4 atom stereocenters. The second kappa shape index (κ2) is 6.28. The van der Waals surface area contributed by atoms with Gasteiger partial charge < -0.3 is 14.5 Å². The molecule has 0 spiro atoms. The Morgan fingerprint density at radius 1 is 1.38 bits per heavy atom. The first-order valence-corrected chi connectivity index (χ1v) is 8.41. The molecule has 0 radical (unpaired) electrons. The van der Waals surface area contributed by atoms with Gasteiger partial charge in [0.2, 0.25) is 0 Å². The fraction of sp³-hybridized carbons (Fsp3) is 0.444. The molecular formula is C18H21N3O3. The molecule has 2 aromatic rings. The number of nitrogens with zero attached hydrogens (tertiary/aromatic N) is 2. The maximum atomic E-state index is 12.5. The fourth-order valence-electron chi connectivity index (χ4n) is 3.75. The van der Waals surface area contributed by atoms with Gasteiger partial charge in [-0.1, -0.05) is 0 Å². The van der Waals surface area contributed by atoms with E-state index in [4.69, 9.17) is 9.15 Å². The first kappa shape index (κ1) is 15.2. The average Bonchev–Trinajstić information content (AvgIpc) is 3.09. The van der Waals surface area contributed by atoms with Gasteiger partial charge in [0.25, 0.3) is 5.91 Å². The normalized spacial score (nSPS) is 28.5. The van der Waals surface area contributed by atoms with E-state index in [1.165, 1.54) is 25.3 Å². The van der Waals surface area contributed by atoms with Crippen molar-refractivity contribution >= 4 is 5.91 Å². The number of ether oxygens (including phenoxy) is 1. The number of oxazole rings is 1. The van der Waals surface area contributed by atoms with E-state index in [0.717, 1.165) is 13.1 Å². The van der Waals surface area contributed by atoms with Crippen LogP contribution < -0.4 is 10.1 Å². The van der Waals surface area contributed by atoms with Crippen LogP contribution in [0, 0.1) is 5.92 Å². The van der Waals surface area contributed by atoms with Crippen LogP contribution in [0.25, 0.3) is 0 Å². The van der Waals surface area contributed by atoms with Crippen molar-refractivity contribution in [1.29, 1.82) is 0 Å². The highest BCUT2D eigenvalue weighted by Crippen LogP contribution is 2.32. The number of hydrogen-bond donors (Lipinski definition) is 1. The number of hydrogen-bond acceptors (Lipinski definition) is 5. The Balaban J connectivity index is 1.38. The molecule has 3 aliphatic heterocycles. The van der Waals surface area contributed by atoms with Crippen molar-refractivity contribution < 1.29 is 13.9 Å². The molecule has 1 aromatic heterocycles. The minimum absolute atomic E-state index is 0.0240. The summed E-state index contributed by atoms with van der Waals surface area (Å²) in [7, 11) is 0. The number of piperidine rings is 3. The van der Waals surface area contributed by atoms with Gasteiger partial charge in [-0.3, -0.25) is 9.69 Å². The third kappa shape index (κ3) is 3.01. The maximum absolute atomic E-state index is 12.5. The zero-order chi connectivity index (χ0) is 16.5. The maximum Gasteiger partial charge on any atom is 0.399 e. The van der Waals surface area contributed by atoms with Crippen LogP contribution in [-0.2, 0) is 0 Å². The largest absolute Gasteiger partial charge is 0.417 e. The van der Waals surface area contributed by atoms with E-state index in [1.807, 2.05) is 0 Å². The van der Waals surface area contributed by atoms with Crippen LogP contribution in [0.1, 0.15) is 30.1 Å². The number of amides is 1. The molecule has 3 fully saturated rings. The molecule has 1 aromatic carbocycles. The molecule has 5 rings (SSSR count). The Morgan fingerprint density at radius 2 is 2.21 bits per heavy atom. The van der Waals surface area contributed by atoms with Crippen molar-refractivity contribution in [2.75, 3.05) is 13.1 Å². The molecule has 6 nitrogen and oxygen atoms in total. The summed E-state index contributed by atoms with van der Waals surface area (Å²) in [5.74, 6) is 1.16. The Kier molecular flexibility index (Phi) is 3.98. The molecule has 24 heavy (non-hydrogen) atoms. The predicted octanol–water partition coefficient (Wildman–Crippen LogP) is 2.68. The zero-order valence-corrected chi connectivity index (χ0v) is 13.6. The smallest absolute Gasteiger partial charge is 0.399 e. The van der Waals surface area contributed by atoms with E-state index < -0.39 is 0 Å². The van der Waals surface area contributed by atoms with Crippen LogP contribution in [0.3, 0.4) is 0 Å². The number of aromatic nitrogens is 1. The highest BCUT2D eigenvalue weighted by atomic mass is 16.6. The lowest BCUT2D eigenvalue weighted by atomic mass is 9.80. The molecule has 0 saturated carbocycles. The Hall–Kier alpha value is -2.34. The zero-order valence-electron chi connectivity index (χ0n) is 13.6. The molecule has 3 saturated heterocycles. The van der Waals surface area contributed by atoms with Crippen LogP contribution in [-0.4, -0.2) is 41.0 Å². The minimum Gasteiger partial charge on any atom is -0.417 e. The van der Waals surface area contributed by atoms with E-state index in [9.17, 15) is 4.79 Å². The van der Waals surface area contributed by atoms with Gasteiger partial charge in [-0.25, -0.2) is 0 Å². The summed E-state index contributed by atoms with van der Waals surface area (Å²) in [6.07, 6.45) is 5.51. The van der Waals surface area contributed by atoms with Gasteiger partial charge in [0, 0.05) is 24.2 Å². The lowest BCUT2D eigenvalue weighted by molar-refractivity contribution is 0.0274. The topological polar surface area (TPSA) is 67.6 Å². The molecule has 6 heteroatoms. The fourth-order valence-corrected chi connectivity index (χ4v) is 3.75. The van der Waals surface area contributed by atoms with Crippen molar-refractivity contribution in [3.8, 4) is 11.8 Å². The molecule has 1 N–H and O–H groups in total. The van der Waals surface area contributed by atoms with E-state index in [1.54, 1.807) is 24.3 Å². The third-order valence-corrected chi connectivity index (χ3v) is 5.10. The van der Waals surface area contributed by atoms with Gasteiger partial charge in [-0.05, 0) is 56.5 Å². The summed E-state index contributed by atoms with van der Waals surface area (Å²) in [4.78, 5) is 18.9. The molecule has 2 bridgehead atoms. The molecule has 4 unspecified atom stereocenters. The first-order chi connectivity index (χ1) is 11.7. The van der Waals surface area contributed by atoms with Crippen LogP contribution in [0.15, 0.2) is 41.1 Å². The quantitative estimate of drug-likeness (QED) is 0.935. The van der Waals surface area contributed by atoms with Crippen molar-refractivity contribution in [1.82, 2.24) is 15.2 Å². The van der Waals surface area contributed by atoms with E-state index >= 15 is 0 Å². The number of rotatable bonds is 4. The summed E-state index contributed by atoms with van der Waals surface area (Å²) in [6.45, 7) is 4.39. The third-order valence-electron chi connectivity index (χ3n) is 5.10. The van der Waals surface area contributed by atoms with Crippen molar-refractivity contribution in [2.45, 2.75) is 31.8 Å². The summed E-state index contributed by atoms with van der Waals surface area (Å²) < 4.78 is 10.5. The average molecular weight is 327 g/mol. The standard InChI is InChI=1S/C18H21N3O3/c1-12-10-14-6-8-21(12)11-16(14)20-17(22)13-2-4-15(5-3-13)24-18-19-7-9-23-18/h2-5,7,9,12,14,16H,6,8,10-11H2,1H3,(H,20,22). The summed E-state index contributed by atoms with van der Waals surface area (Å²) in [6, 6.07) is 7.92.